The van der Waals surface area contributed by atoms with Crippen LogP contribution >= 0.6 is 0 Å². The molecule has 0 atom stereocenters. The van der Waals surface area contributed by atoms with Gasteiger partial charge in [-0.3, -0.25) is 10.1 Å². The number of halogens is 2. The second kappa shape index (κ2) is 3.75. The SMILES string of the molecule is O=[N+]([O-])/C(F)=C(\F)c1ccccc1. The zero-order valence-electron chi connectivity index (χ0n) is 6.41. The van der Waals surface area contributed by atoms with Crippen molar-refractivity contribution in [1.82, 2.24) is 0 Å². The van der Waals surface area contributed by atoms with E-state index < -0.39 is 16.7 Å². The largest absolute Gasteiger partial charge is 0.456 e. The van der Waals surface area contributed by atoms with Gasteiger partial charge >= 0.3 is 5.95 Å². The molecule has 0 spiro atoms. The normalized spacial score (nSPS) is 12.2. The summed E-state index contributed by atoms with van der Waals surface area (Å²) in [7, 11) is 0. The second-order valence-electron chi connectivity index (χ2n) is 2.23. The molecular formula is C8H5F2NO2. The molecule has 0 heterocycles. The highest BCUT2D eigenvalue weighted by molar-refractivity contribution is 5.59. The standard InChI is InChI=1S/C8H5F2NO2/c9-7(8(10)11(12)13)6-4-2-1-3-5-6/h1-5H/b8-7-. The Morgan fingerprint density at radius 1 is 1.23 bits per heavy atom. The minimum atomic E-state index is -1.97. The van der Waals surface area contributed by atoms with E-state index in [0.29, 0.717) is 0 Å². The summed E-state index contributed by atoms with van der Waals surface area (Å²) < 4.78 is 25.3. The van der Waals surface area contributed by atoms with E-state index in [1.165, 1.54) is 24.3 Å². The molecule has 0 saturated heterocycles. The van der Waals surface area contributed by atoms with E-state index in [1.54, 1.807) is 6.07 Å². The van der Waals surface area contributed by atoms with Crippen molar-refractivity contribution in [2.75, 3.05) is 0 Å². The summed E-state index contributed by atoms with van der Waals surface area (Å²) >= 11 is 0. The van der Waals surface area contributed by atoms with E-state index in [2.05, 4.69) is 0 Å². The number of rotatable bonds is 2. The van der Waals surface area contributed by atoms with Gasteiger partial charge in [-0.1, -0.05) is 30.3 Å². The lowest BCUT2D eigenvalue weighted by atomic mass is 10.2. The Hall–Kier alpha value is -1.78. The first-order valence-corrected chi connectivity index (χ1v) is 3.38. The number of benzene rings is 1. The number of nitro groups is 1. The lowest BCUT2D eigenvalue weighted by Crippen LogP contribution is -1.94. The van der Waals surface area contributed by atoms with Crippen LogP contribution in [0.5, 0.6) is 0 Å². The monoisotopic (exact) mass is 185 g/mol. The van der Waals surface area contributed by atoms with Crippen LogP contribution in [-0.2, 0) is 0 Å². The Labute approximate surface area is 72.5 Å². The zero-order chi connectivity index (χ0) is 9.84. The summed E-state index contributed by atoms with van der Waals surface area (Å²) in [6.07, 6.45) is 0. The number of nitrogens with zero attached hydrogens (tertiary/aromatic N) is 1. The van der Waals surface area contributed by atoms with Gasteiger partial charge in [-0.05, 0) is 0 Å². The van der Waals surface area contributed by atoms with Gasteiger partial charge in [0, 0.05) is 5.56 Å². The van der Waals surface area contributed by atoms with Gasteiger partial charge in [-0.25, -0.2) is 0 Å². The molecule has 0 aliphatic carbocycles. The predicted octanol–water partition coefficient (Wildman–Crippen LogP) is 2.53. The zero-order valence-corrected chi connectivity index (χ0v) is 6.41. The fourth-order valence-corrected chi connectivity index (χ4v) is 0.784. The first-order valence-electron chi connectivity index (χ1n) is 3.38. The summed E-state index contributed by atoms with van der Waals surface area (Å²) in [5, 5.41) is 9.85. The van der Waals surface area contributed by atoms with Crippen LogP contribution in [-0.4, -0.2) is 4.92 Å². The minimum absolute atomic E-state index is 0.142. The highest BCUT2D eigenvalue weighted by Crippen LogP contribution is 2.20. The van der Waals surface area contributed by atoms with E-state index >= 15 is 0 Å². The van der Waals surface area contributed by atoms with Crippen molar-refractivity contribution < 1.29 is 13.7 Å². The maximum Gasteiger partial charge on any atom is 0.456 e. The molecule has 0 bridgehead atoms. The van der Waals surface area contributed by atoms with Crippen LogP contribution in [0.4, 0.5) is 8.78 Å². The summed E-state index contributed by atoms with van der Waals surface area (Å²) in [5.41, 5.74) is -0.142. The molecule has 0 N–H and O–H groups in total. The third kappa shape index (κ3) is 2.08. The minimum Gasteiger partial charge on any atom is -0.256 e. The molecule has 0 aliphatic rings. The summed E-state index contributed by atoms with van der Waals surface area (Å²) in [6.45, 7) is 0. The second-order valence-corrected chi connectivity index (χ2v) is 2.23. The Balaban J connectivity index is 3.11. The summed E-state index contributed by atoms with van der Waals surface area (Å²) in [5.74, 6) is -3.42. The maximum absolute atomic E-state index is 12.8. The van der Waals surface area contributed by atoms with Gasteiger partial charge in [-0.15, -0.1) is 4.39 Å². The van der Waals surface area contributed by atoms with Crippen molar-refractivity contribution in [2.24, 2.45) is 0 Å². The first kappa shape index (κ1) is 9.31. The smallest absolute Gasteiger partial charge is 0.256 e. The fraction of sp³-hybridized carbons (Fsp3) is 0. The third-order valence-corrected chi connectivity index (χ3v) is 1.37. The van der Waals surface area contributed by atoms with E-state index in [0.717, 1.165) is 0 Å². The van der Waals surface area contributed by atoms with E-state index in [4.69, 9.17) is 0 Å². The Bertz CT molecular complexity index is 348. The molecule has 68 valence electrons. The van der Waals surface area contributed by atoms with Crippen molar-refractivity contribution in [1.29, 1.82) is 0 Å². The summed E-state index contributed by atoms with van der Waals surface area (Å²) in [4.78, 5) is 8.45. The Morgan fingerprint density at radius 3 is 2.23 bits per heavy atom. The molecule has 13 heavy (non-hydrogen) atoms. The number of hydrogen-bond donors (Lipinski definition) is 0. The lowest BCUT2D eigenvalue weighted by molar-refractivity contribution is -0.446. The molecule has 0 amide bonds. The van der Waals surface area contributed by atoms with Gasteiger partial charge in [0.05, 0.1) is 4.92 Å². The fourth-order valence-electron chi connectivity index (χ4n) is 0.784. The maximum atomic E-state index is 12.8. The molecule has 1 aromatic carbocycles. The van der Waals surface area contributed by atoms with Crippen LogP contribution in [0.2, 0.25) is 0 Å². The molecular weight excluding hydrogens is 180 g/mol. The van der Waals surface area contributed by atoms with Gasteiger partial charge in [0.2, 0.25) is 5.83 Å². The van der Waals surface area contributed by atoms with E-state index in [1.807, 2.05) is 0 Å². The topological polar surface area (TPSA) is 43.1 Å². The van der Waals surface area contributed by atoms with Crippen LogP contribution < -0.4 is 0 Å². The van der Waals surface area contributed by atoms with Gasteiger partial charge in [0.15, 0.2) is 0 Å². The molecule has 0 fully saturated rings. The molecule has 0 aromatic heterocycles. The van der Waals surface area contributed by atoms with E-state index in [-0.39, 0.29) is 5.56 Å². The van der Waals surface area contributed by atoms with Crippen molar-refractivity contribution >= 4 is 5.83 Å². The lowest BCUT2D eigenvalue weighted by Gasteiger charge is -1.93. The van der Waals surface area contributed by atoms with Crippen molar-refractivity contribution in [3.8, 4) is 0 Å². The molecule has 1 rings (SSSR count). The average Bonchev–Trinajstić information content (AvgIpc) is 2.17. The third-order valence-electron chi connectivity index (χ3n) is 1.37. The van der Waals surface area contributed by atoms with Crippen LogP contribution in [0.1, 0.15) is 5.56 Å². The van der Waals surface area contributed by atoms with Gasteiger partial charge in [-0.2, -0.15) is 4.39 Å². The van der Waals surface area contributed by atoms with Gasteiger partial charge in [0.1, 0.15) is 0 Å². The van der Waals surface area contributed by atoms with Crippen LogP contribution in [0.25, 0.3) is 5.83 Å². The van der Waals surface area contributed by atoms with Gasteiger partial charge < -0.3 is 0 Å². The molecule has 3 nitrogen and oxygen atoms in total. The Morgan fingerprint density at radius 2 is 1.77 bits per heavy atom. The van der Waals surface area contributed by atoms with Crippen LogP contribution in [0.15, 0.2) is 36.3 Å². The molecule has 0 saturated carbocycles. The molecule has 1 aromatic rings. The number of hydrogen-bond acceptors (Lipinski definition) is 2. The molecule has 5 heteroatoms. The highest BCUT2D eigenvalue weighted by Gasteiger charge is 2.19. The van der Waals surface area contributed by atoms with Crippen LogP contribution in [0, 0.1) is 10.1 Å². The Kier molecular flexibility index (Phi) is 2.69. The predicted molar refractivity (Wildman–Crippen MR) is 42.6 cm³/mol. The highest BCUT2D eigenvalue weighted by atomic mass is 19.2. The van der Waals surface area contributed by atoms with Crippen molar-refractivity contribution in [3.63, 3.8) is 0 Å². The van der Waals surface area contributed by atoms with Crippen molar-refractivity contribution in [2.45, 2.75) is 0 Å². The van der Waals surface area contributed by atoms with Gasteiger partial charge in [0.25, 0.3) is 0 Å². The summed E-state index contributed by atoms with van der Waals surface area (Å²) in [6, 6.07) is 7.02. The van der Waals surface area contributed by atoms with Crippen molar-refractivity contribution in [3.05, 3.63) is 52.0 Å². The first-order chi connectivity index (χ1) is 6.13. The average molecular weight is 185 g/mol. The van der Waals surface area contributed by atoms with E-state index in [9.17, 15) is 18.9 Å². The van der Waals surface area contributed by atoms with Crippen LogP contribution in [0.3, 0.4) is 0 Å². The quantitative estimate of drug-likeness (QED) is 0.403. The molecule has 0 aliphatic heterocycles. The molecule has 0 radical (unpaired) electrons. The molecule has 0 unspecified atom stereocenters.